The summed E-state index contributed by atoms with van der Waals surface area (Å²) >= 11 is 0. The normalized spacial score (nSPS) is 10.1. The van der Waals surface area contributed by atoms with Gasteiger partial charge in [0.1, 0.15) is 19.0 Å². The minimum atomic E-state index is -4.64. The molecule has 1 radical (unpaired) electrons. The third-order valence-electron chi connectivity index (χ3n) is 1.10. The van der Waals surface area contributed by atoms with E-state index in [0.29, 0.717) is 0 Å². The third kappa shape index (κ3) is 13.1. The Morgan fingerprint density at radius 3 is 2.00 bits per heavy atom. The van der Waals surface area contributed by atoms with E-state index in [4.69, 9.17) is 24.0 Å². The van der Waals surface area contributed by atoms with E-state index in [2.05, 4.69) is 0 Å². The van der Waals surface area contributed by atoms with Gasteiger partial charge in [0.25, 0.3) is 0 Å². The van der Waals surface area contributed by atoms with Crippen LogP contribution in [0.5, 0.6) is 5.75 Å². The Hall–Kier alpha value is -0.910. The van der Waals surface area contributed by atoms with Crippen LogP contribution in [0.3, 0.4) is 0 Å². The third-order valence-corrected chi connectivity index (χ3v) is 1.10. The second-order valence-electron chi connectivity index (χ2n) is 2.38. The van der Waals surface area contributed by atoms with Gasteiger partial charge in [-0.1, -0.05) is 18.2 Å². The maximum atomic E-state index is 9.98. The SMILES string of the molecule is O=P(O)(O)O.[O]CCOc1ccccc1. The summed E-state index contributed by atoms with van der Waals surface area (Å²) in [4.78, 5) is 21.6. The smallest absolute Gasteiger partial charge is 0.466 e. The first kappa shape index (κ1) is 14.1. The largest absolute Gasteiger partial charge is 0.491 e. The first-order valence-electron chi connectivity index (χ1n) is 3.97. The molecule has 85 valence electrons. The number of hydrogen-bond acceptors (Lipinski definition) is 2. The zero-order chi connectivity index (χ0) is 11.7. The predicted octanol–water partition coefficient (Wildman–Crippen LogP) is 0.567. The van der Waals surface area contributed by atoms with Crippen LogP contribution in [0.15, 0.2) is 30.3 Å². The van der Waals surface area contributed by atoms with Crippen molar-refractivity contribution in [3.05, 3.63) is 30.3 Å². The minimum absolute atomic E-state index is 0.186. The molecule has 3 N–H and O–H groups in total. The van der Waals surface area contributed by atoms with Crippen LogP contribution < -0.4 is 4.74 Å². The summed E-state index contributed by atoms with van der Waals surface area (Å²) in [7, 11) is -4.64. The fraction of sp³-hybridized carbons (Fsp3) is 0.250. The van der Waals surface area contributed by atoms with Crippen molar-refractivity contribution >= 4 is 7.82 Å². The lowest BCUT2D eigenvalue weighted by molar-refractivity contribution is 0.138. The van der Waals surface area contributed by atoms with Crippen LogP contribution in [0, 0.1) is 0 Å². The molecule has 0 aliphatic carbocycles. The molecule has 0 fully saturated rings. The maximum Gasteiger partial charge on any atom is 0.466 e. The molecule has 6 nitrogen and oxygen atoms in total. The van der Waals surface area contributed by atoms with E-state index in [-0.39, 0.29) is 13.2 Å². The van der Waals surface area contributed by atoms with E-state index < -0.39 is 7.82 Å². The highest BCUT2D eigenvalue weighted by atomic mass is 31.2. The molecule has 0 saturated heterocycles. The molecule has 0 unspecified atom stereocenters. The van der Waals surface area contributed by atoms with Gasteiger partial charge < -0.3 is 19.4 Å². The first-order valence-corrected chi connectivity index (χ1v) is 5.54. The van der Waals surface area contributed by atoms with Crippen LogP contribution in [-0.4, -0.2) is 27.9 Å². The molecule has 7 heteroatoms. The van der Waals surface area contributed by atoms with Crippen molar-refractivity contribution in [2.24, 2.45) is 0 Å². The number of phosphoric acid groups is 1. The van der Waals surface area contributed by atoms with Crippen molar-refractivity contribution in [2.75, 3.05) is 13.2 Å². The molecule has 1 rings (SSSR count). The van der Waals surface area contributed by atoms with Crippen LogP contribution in [0.1, 0.15) is 0 Å². The van der Waals surface area contributed by atoms with Gasteiger partial charge in [0.2, 0.25) is 0 Å². The van der Waals surface area contributed by atoms with Gasteiger partial charge in [0.05, 0.1) is 0 Å². The molecule has 1 aromatic rings. The molecule has 0 atom stereocenters. The van der Waals surface area contributed by atoms with Crippen LogP contribution in [-0.2, 0) is 9.67 Å². The van der Waals surface area contributed by atoms with Crippen LogP contribution in [0.4, 0.5) is 0 Å². The van der Waals surface area contributed by atoms with Gasteiger partial charge in [-0.25, -0.2) is 9.67 Å². The fourth-order valence-corrected chi connectivity index (χ4v) is 0.676. The summed E-state index contributed by atoms with van der Waals surface area (Å²) in [6.07, 6.45) is 0. The standard InChI is InChI=1S/C8H9O2.H3O4P/c9-6-7-10-8-4-2-1-3-5-8;1-5(2,3)4/h1-5H,6-7H2;(H3,1,2,3,4). The van der Waals surface area contributed by atoms with E-state index in [1.807, 2.05) is 30.3 Å². The molecule has 0 aromatic heterocycles. The van der Waals surface area contributed by atoms with Crippen molar-refractivity contribution < 1.29 is 29.1 Å². The van der Waals surface area contributed by atoms with E-state index in [0.717, 1.165) is 5.75 Å². The van der Waals surface area contributed by atoms with Crippen molar-refractivity contribution in [1.82, 2.24) is 0 Å². The summed E-state index contributed by atoms with van der Waals surface area (Å²) < 4.78 is 13.9. The second-order valence-corrected chi connectivity index (χ2v) is 3.41. The summed E-state index contributed by atoms with van der Waals surface area (Å²) in [5.74, 6) is 0.762. The Balaban J connectivity index is 0.000000336. The molecular formula is C8H12O6P. The Morgan fingerprint density at radius 2 is 1.60 bits per heavy atom. The van der Waals surface area contributed by atoms with Crippen molar-refractivity contribution in [3.8, 4) is 5.75 Å². The van der Waals surface area contributed by atoms with Gasteiger partial charge in [-0.3, -0.25) is 0 Å². The van der Waals surface area contributed by atoms with Gasteiger partial charge in [-0.2, -0.15) is 0 Å². The minimum Gasteiger partial charge on any atom is -0.491 e. The molecule has 0 spiro atoms. The molecule has 0 aliphatic rings. The van der Waals surface area contributed by atoms with Gasteiger partial charge >= 0.3 is 7.82 Å². The maximum absolute atomic E-state index is 9.98. The number of ether oxygens (including phenoxy) is 1. The van der Waals surface area contributed by atoms with Gasteiger partial charge in [-0.15, -0.1) is 0 Å². The van der Waals surface area contributed by atoms with Crippen molar-refractivity contribution in [3.63, 3.8) is 0 Å². The second kappa shape index (κ2) is 7.39. The summed E-state index contributed by atoms with van der Waals surface area (Å²) in [5.41, 5.74) is 0. The Bertz CT molecular complexity index is 287. The highest BCUT2D eigenvalue weighted by Crippen LogP contribution is 2.25. The highest BCUT2D eigenvalue weighted by molar-refractivity contribution is 7.45. The summed E-state index contributed by atoms with van der Waals surface area (Å²) in [6.45, 7) is 0.0684. The molecule has 0 bridgehead atoms. The molecular weight excluding hydrogens is 223 g/mol. The molecule has 0 aliphatic heterocycles. The van der Waals surface area contributed by atoms with E-state index >= 15 is 0 Å². The van der Waals surface area contributed by atoms with Crippen molar-refractivity contribution in [2.45, 2.75) is 0 Å². The molecule has 15 heavy (non-hydrogen) atoms. The average Bonchev–Trinajstić information content (AvgIpc) is 2.14. The van der Waals surface area contributed by atoms with Gasteiger partial charge in [-0.05, 0) is 12.1 Å². The number of benzene rings is 1. The van der Waals surface area contributed by atoms with E-state index in [1.165, 1.54) is 0 Å². The monoisotopic (exact) mass is 235 g/mol. The van der Waals surface area contributed by atoms with Gasteiger partial charge in [0, 0.05) is 0 Å². The quantitative estimate of drug-likeness (QED) is 0.664. The topological polar surface area (TPSA) is 107 Å². The predicted molar refractivity (Wildman–Crippen MR) is 51.8 cm³/mol. The lowest BCUT2D eigenvalue weighted by Crippen LogP contribution is -1.99. The number of para-hydroxylation sites is 1. The molecule has 0 saturated carbocycles. The summed E-state index contributed by atoms with van der Waals surface area (Å²) in [5, 5.41) is 9.98. The number of hydrogen-bond donors (Lipinski definition) is 3. The van der Waals surface area contributed by atoms with Crippen LogP contribution in [0.25, 0.3) is 0 Å². The Labute approximate surface area is 87.0 Å². The molecule has 0 amide bonds. The van der Waals surface area contributed by atoms with Crippen LogP contribution >= 0.6 is 7.82 Å². The zero-order valence-electron chi connectivity index (χ0n) is 7.81. The van der Waals surface area contributed by atoms with Gasteiger partial charge in [0.15, 0.2) is 0 Å². The van der Waals surface area contributed by atoms with E-state index in [1.54, 1.807) is 0 Å². The average molecular weight is 235 g/mol. The fourth-order valence-electron chi connectivity index (χ4n) is 0.676. The van der Waals surface area contributed by atoms with Crippen molar-refractivity contribution in [1.29, 1.82) is 0 Å². The van der Waals surface area contributed by atoms with E-state index in [9.17, 15) is 5.11 Å². The lowest BCUT2D eigenvalue weighted by atomic mass is 10.3. The zero-order valence-corrected chi connectivity index (χ0v) is 8.71. The molecule has 0 heterocycles. The highest BCUT2D eigenvalue weighted by Gasteiger charge is 2.00. The lowest BCUT2D eigenvalue weighted by Gasteiger charge is -2.00. The Kier molecular flexibility index (Phi) is 6.94. The Morgan fingerprint density at radius 1 is 1.13 bits per heavy atom. The molecule has 1 aromatic carbocycles. The first-order chi connectivity index (χ1) is 6.93. The number of rotatable bonds is 3. The van der Waals surface area contributed by atoms with Crippen LogP contribution in [0.2, 0.25) is 0 Å². The summed E-state index contributed by atoms with van der Waals surface area (Å²) in [6, 6.07) is 9.32.